The Labute approximate surface area is 107 Å². The summed E-state index contributed by atoms with van der Waals surface area (Å²) in [5.41, 5.74) is 0. The van der Waals surface area contributed by atoms with Crippen LogP contribution >= 0.6 is 23.5 Å². The van der Waals surface area contributed by atoms with Crippen molar-refractivity contribution in [2.24, 2.45) is 4.99 Å². The van der Waals surface area contributed by atoms with Crippen LogP contribution in [-0.2, 0) is 0 Å². The molecule has 0 amide bonds. The molecule has 0 radical (unpaired) electrons. The molecule has 2 saturated heterocycles. The van der Waals surface area contributed by atoms with Gasteiger partial charge < -0.3 is 5.32 Å². The Morgan fingerprint density at radius 1 is 1.38 bits per heavy atom. The van der Waals surface area contributed by atoms with Gasteiger partial charge in [-0.3, -0.25) is 9.89 Å². The Morgan fingerprint density at radius 3 is 2.94 bits per heavy atom. The SMILES string of the molecule is CC1CCSC(=NCCN2CCSCC2)N1. The van der Waals surface area contributed by atoms with Crippen LogP contribution in [0.3, 0.4) is 0 Å². The van der Waals surface area contributed by atoms with Crippen molar-refractivity contribution in [1.29, 1.82) is 0 Å². The van der Waals surface area contributed by atoms with E-state index < -0.39 is 0 Å². The summed E-state index contributed by atoms with van der Waals surface area (Å²) in [7, 11) is 0. The number of nitrogens with zero attached hydrogens (tertiary/aromatic N) is 2. The van der Waals surface area contributed by atoms with Gasteiger partial charge in [-0.1, -0.05) is 11.8 Å². The van der Waals surface area contributed by atoms with E-state index in [1.54, 1.807) is 0 Å². The fourth-order valence-electron chi connectivity index (χ4n) is 1.87. The van der Waals surface area contributed by atoms with E-state index in [0.29, 0.717) is 6.04 Å². The zero-order valence-electron chi connectivity index (χ0n) is 9.95. The first-order valence-electron chi connectivity index (χ1n) is 6.08. The molecule has 0 bridgehead atoms. The predicted molar refractivity (Wildman–Crippen MR) is 75.7 cm³/mol. The molecule has 92 valence electrons. The Bertz CT molecular complexity index is 239. The van der Waals surface area contributed by atoms with Crippen molar-refractivity contribution < 1.29 is 0 Å². The lowest BCUT2D eigenvalue weighted by atomic mass is 10.3. The Kier molecular flexibility index (Phi) is 5.32. The second kappa shape index (κ2) is 6.77. The van der Waals surface area contributed by atoms with Crippen LogP contribution in [0.1, 0.15) is 13.3 Å². The third kappa shape index (κ3) is 4.18. The Morgan fingerprint density at radius 2 is 2.19 bits per heavy atom. The molecule has 2 aliphatic heterocycles. The zero-order chi connectivity index (χ0) is 11.2. The smallest absolute Gasteiger partial charge is 0.156 e. The fourth-order valence-corrected chi connectivity index (χ4v) is 3.98. The first kappa shape index (κ1) is 12.6. The highest BCUT2D eigenvalue weighted by molar-refractivity contribution is 8.13. The van der Waals surface area contributed by atoms with Crippen LogP contribution in [0, 0.1) is 0 Å². The molecule has 5 heteroatoms. The van der Waals surface area contributed by atoms with Gasteiger partial charge in [0.1, 0.15) is 0 Å². The summed E-state index contributed by atoms with van der Waals surface area (Å²) in [5.74, 6) is 3.80. The number of hydrogen-bond acceptors (Lipinski definition) is 4. The lowest BCUT2D eigenvalue weighted by molar-refractivity contribution is 0.311. The van der Waals surface area contributed by atoms with Gasteiger partial charge in [-0.15, -0.1) is 0 Å². The highest BCUT2D eigenvalue weighted by Crippen LogP contribution is 2.13. The third-order valence-corrected chi connectivity index (χ3v) is 4.84. The lowest BCUT2D eigenvalue weighted by Crippen LogP contribution is -2.37. The van der Waals surface area contributed by atoms with E-state index in [0.717, 1.165) is 18.3 Å². The van der Waals surface area contributed by atoms with Gasteiger partial charge in [0, 0.05) is 42.9 Å². The van der Waals surface area contributed by atoms with Gasteiger partial charge in [0.15, 0.2) is 5.17 Å². The highest BCUT2D eigenvalue weighted by atomic mass is 32.2. The summed E-state index contributed by atoms with van der Waals surface area (Å²) >= 11 is 3.94. The van der Waals surface area contributed by atoms with E-state index in [-0.39, 0.29) is 0 Å². The standard InChI is InChI=1S/C11H21N3S2/c1-10-2-7-16-11(13-10)12-3-4-14-5-8-15-9-6-14/h10H,2-9H2,1H3,(H,12,13). The van der Waals surface area contributed by atoms with Gasteiger partial charge in [0.05, 0.1) is 6.54 Å². The quantitative estimate of drug-likeness (QED) is 0.831. The Hall–Kier alpha value is 0.130. The van der Waals surface area contributed by atoms with Gasteiger partial charge >= 0.3 is 0 Å². The first-order valence-corrected chi connectivity index (χ1v) is 8.22. The third-order valence-electron chi connectivity index (χ3n) is 2.93. The molecule has 2 rings (SSSR count). The number of amidine groups is 1. The van der Waals surface area contributed by atoms with Crippen LogP contribution in [0.5, 0.6) is 0 Å². The normalized spacial score (nSPS) is 30.3. The molecular weight excluding hydrogens is 238 g/mol. The minimum atomic E-state index is 0.603. The van der Waals surface area contributed by atoms with Gasteiger partial charge in [0.2, 0.25) is 0 Å². The van der Waals surface area contributed by atoms with Crippen LogP contribution in [0.4, 0.5) is 0 Å². The van der Waals surface area contributed by atoms with Crippen molar-refractivity contribution in [3.8, 4) is 0 Å². The van der Waals surface area contributed by atoms with Crippen molar-refractivity contribution in [2.45, 2.75) is 19.4 Å². The number of thioether (sulfide) groups is 2. The maximum absolute atomic E-state index is 4.65. The minimum absolute atomic E-state index is 0.603. The molecular formula is C11H21N3S2. The summed E-state index contributed by atoms with van der Waals surface area (Å²) in [5, 5.41) is 4.60. The van der Waals surface area contributed by atoms with E-state index in [1.807, 2.05) is 11.8 Å². The van der Waals surface area contributed by atoms with E-state index in [9.17, 15) is 0 Å². The van der Waals surface area contributed by atoms with E-state index >= 15 is 0 Å². The predicted octanol–water partition coefficient (Wildman–Crippen LogP) is 1.51. The molecule has 0 spiro atoms. The van der Waals surface area contributed by atoms with Crippen LogP contribution in [0.15, 0.2) is 4.99 Å². The summed E-state index contributed by atoms with van der Waals surface area (Å²) in [6, 6.07) is 0.603. The second-order valence-electron chi connectivity index (χ2n) is 4.32. The van der Waals surface area contributed by atoms with Crippen LogP contribution in [-0.4, -0.2) is 59.5 Å². The molecule has 0 aromatic rings. The van der Waals surface area contributed by atoms with Crippen LogP contribution in [0.2, 0.25) is 0 Å². The summed E-state index contributed by atoms with van der Waals surface area (Å²) in [6.07, 6.45) is 1.26. The van der Waals surface area contributed by atoms with Crippen LogP contribution < -0.4 is 5.32 Å². The van der Waals surface area contributed by atoms with Crippen LogP contribution in [0.25, 0.3) is 0 Å². The molecule has 2 fully saturated rings. The summed E-state index contributed by atoms with van der Waals surface area (Å²) in [6.45, 7) is 6.80. The topological polar surface area (TPSA) is 27.6 Å². The number of rotatable bonds is 3. The highest BCUT2D eigenvalue weighted by Gasteiger charge is 2.13. The van der Waals surface area contributed by atoms with E-state index in [4.69, 9.17) is 0 Å². The largest absolute Gasteiger partial charge is 0.362 e. The molecule has 0 saturated carbocycles. The summed E-state index contributed by atoms with van der Waals surface area (Å²) in [4.78, 5) is 7.17. The van der Waals surface area contributed by atoms with Crippen molar-refractivity contribution in [3.63, 3.8) is 0 Å². The summed E-state index contributed by atoms with van der Waals surface area (Å²) < 4.78 is 0. The fraction of sp³-hybridized carbons (Fsp3) is 0.909. The van der Waals surface area contributed by atoms with E-state index in [1.165, 1.54) is 36.8 Å². The molecule has 16 heavy (non-hydrogen) atoms. The maximum Gasteiger partial charge on any atom is 0.156 e. The first-order chi connectivity index (χ1) is 7.84. The van der Waals surface area contributed by atoms with Gasteiger partial charge in [-0.2, -0.15) is 11.8 Å². The molecule has 3 nitrogen and oxygen atoms in total. The lowest BCUT2D eigenvalue weighted by Gasteiger charge is -2.26. The average Bonchev–Trinajstić information content (AvgIpc) is 2.30. The van der Waals surface area contributed by atoms with Crippen molar-refractivity contribution in [1.82, 2.24) is 10.2 Å². The molecule has 1 atom stereocenters. The Balaban J connectivity index is 1.67. The minimum Gasteiger partial charge on any atom is -0.362 e. The number of aliphatic imine (C=N–C) groups is 1. The molecule has 0 aromatic carbocycles. The van der Waals surface area contributed by atoms with Crippen molar-refractivity contribution >= 4 is 28.7 Å². The average molecular weight is 259 g/mol. The molecule has 0 aliphatic carbocycles. The molecule has 0 aromatic heterocycles. The van der Waals surface area contributed by atoms with E-state index in [2.05, 4.69) is 33.9 Å². The monoisotopic (exact) mass is 259 g/mol. The zero-order valence-corrected chi connectivity index (χ0v) is 11.6. The molecule has 1 unspecified atom stereocenters. The van der Waals surface area contributed by atoms with Crippen molar-refractivity contribution in [2.75, 3.05) is 43.4 Å². The number of nitrogens with one attached hydrogen (secondary N) is 1. The number of hydrogen-bond donors (Lipinski definition) is 1. The molecule has 2 heterocycles. The molecule has 1 N–H and O–H groups in total. The second-order valence-corrected chi connectivity index (χ2v) is 6.63. The maximum atomic E-state index is 4.65. The molecule has 2 aliphatic rings. The van der Waals surface area contributed by atoms with Crippen molar-refractivity contribution in [3.05, 3.63) is 0 Å². The van der Waals surface area contributed by atoms with Gasteiger partial charge in [-0.05, 0) is 13.3 Å². The van der Waals surface area contributed by atoms with Gasteiger partial charge in [-0.25, -0.2) is 0 Å². The van der Waals surface area contributed by atoms with Gasteiger partial charge in [0.25, 0.3) is 0 Å².